The normalized spacial score (nSPS) is 14.6. The molecule has 1 heterocycles. The third-order valence-electron chi connectivity index (χ3n) is 4.24. The van der Waals surface area contributed by atoms with Gasteiger partial charge in [-0.3, -0.25) is 4.79 Å². The van der Waals surface area contributed by atoms with Gasteiger partial charge >= 0.3 is 6.03 Å². The number of hydrogen-bond acceptors (Lipinski definition) is 4. The third kappa shape index (κ3) is 4.65. The van der Waals surface area contributed by atoms with E-state index in [2.05, 4.69) is 16.0 Å². The van der Waals surface area contributed by atoms with Crippen LogP contribution in [0.1, 0.15) is 0 Å². The summed E-state index contributed by atoms with van der Waals surface area (Å²) in [6, 6.07) is 22.8. The molecule has 3 aromatic rings. The molecule has 146 valence electrons. The number of nitrogens with one attached hydrogen (secondary N) is 3. The number of hydrogen-bond donors (Lipinski definition) is 3. The van der Waals surface area contributed by atoms with E-state index in [4.69, 9.17) is 9.47 Å². The number of para-hydroxylation sites is 3. The minimum absolute atomic E-state index is 0.141. The average molecular weight is 389 g/mol. The minimum Gasteiger partial charge on any atom is -0.485 e. The van der Waals surface area contributed by atoms with Crippen LogP contribution in [0.25, 0.3) is 0 Å². The summed E-state index contributed by atoms with van der Waals surface area (Å²) in [5, 5.41) is 8.27. The lowest BCUT2D eigenvalue weighted by Crippen LogP contribution is -2.40. The summed E-state index contributed by atoms with van der Waals surface area (Å²) < 4.78 is 11.3. The van der Waals surface area contributed by atoms with Gasteiger partial charge in [-0.15, -0.1) is 0 Å². The molecule has 0 saturated heterocycles. The van der Waals surface area contributed by atoms with Gasteiger partial charge in [-0.25, -0.2) is 4.79 Å². The molecule has 0 fully saturated rings. The van der Waals surface area contributed by atoms with Crippen LogP contribution in [0.15, 0.2) is 78.9 Å². The molecule has 4 rings (SSSR count). The summed E-state index contributed by atoms with van der Waals surface area (Å²) in [6.07, 6.45) is -0.737. The molecule has 0 radical (unpaired) electrons. The summed E-state index contributed by atoms with van der Waals surface area (Å²) in [7, 11) is 0. The minimum atomic E-state index is -0.737. The molecule has 0 bridgehead atoms. The van der Waals surface area contributed by atoms with Gasteiger partial charge in [0.15, 0.2) is 11.5 Å². The van der Waals surface area contributed by atoms with Crippen LogP contribution < -0.4 is 25.4 Å². The molecular weight excluding hydrogens is 370 g/mol. The van der Waals surface area contributed by atoms with Crippen molar-refractivity contribution < 1.29 is 19.1 Å². The van der Waals surface area contributed by atoms with Gasteiger partial charge in [0.1, 0.15) is 6.61 Å². The number of anilines is 3. The molecule has 3 N–H and O–H groups in total. The van der Waals surface area contributed by atoms with Crippen LogP contribution in [-0.4, -0.2) is 24.6 Å². The quantitative estimate of drug-likeness (QED) is 0.627. The highest BCUT2D eigenvalue weighted by Crippen LogP contribution is 2.31. The smallest absolute Gasteiger partial charge is 0.323 e. The van der Waals surface area contributed by atoms with Crippen LogP contribution in [0.2, 0.25) is 0 Å². The lowest BCUT2D eigenvalue weighted by molar-refractivity contribution is -0.125. The zero-order valence-corrected chi connectivity index (χ0v) is 15.4. The van der Waals surface area contributed by atoms with Crippen molar-refractivity contribution in [2.45, 2.75) is 6.10 Å². The van der Waals surface area contributed by atoms with Crippen molar-refractivity contribution in [3.8, 4) is 11.5 Å². The van der Waals surface area contributed by atoms with Gasteiger partial charge in [-0.05, 0) is 48.5 Å². The fraction of sp³-hybridized carbons (Fsp3) is 0.0909. The summed E-state index contributed by atoms with van der Waals surface area (Å²) in [4.78, 5) is 24.5. The Balaban J connectivity index is 1.31. The molecule has 0 aromatic heterocycles. The molecule has 7 nitrogen and oxygen atoms in total. The first-order chi connectivity index (χ1) is 14.2. The van der Waals surface area contributed by atoms with Crippen LogP contribution in [0.4, 0.5) is 21.9 Å². The van der Waals surface area contributed by atoms with E-state index >= 15 is 0 Å². The SMILES string of the molecule is O=C(Nc1ccccc1)Nc1ccc(NC(=O)[C@@H]2COc3ccccc3O2)cc1. The van der Waals surface area contributed by atoms with Crippen molar-refractivity contribution >= 4 is 29.0 Å². The van der Waals surface area contributed by atoms with Gasteiger partial charge in [0.25, 0.3) is 5.91 Å². The van der Waals surface area contributed by atoms with Crippen molar-refractivity contribution in [2.24, 2.45) is 0 Å². The molecule has 1 atom stereocenters. The number of fused-ring (bicyclic) bond motifs is 1. The Morgan fingerprint density at radius 2 is 1.24 bits per heavy atom. The lowest BCUT2D eigenvalue weighted by atomic mass is 10.2. The van der Waals surface area contributed by atoms with Gasteiger partial charge in [0.05, 0.1) is 0 Å². The molecule has 3 amide bonds. The van der Waals surface area contributed by atoms with E-state index in [0.717, 1.165) is 0 Å². The monoisotopic (exact) mass is 389 g/mol. The van der Waals surface area contributed by atoms with Crippen LogP contribution in [0, 0.1) is 0 Å². The predicted octanol–water partition coefficient (Wildman–Crippen LogP) is 4.11. The van der Waals surface area contributed by atoms with E-state index < -0.39 is 6.10 Å². The lowest BCUT2D eigenvalue weighted by Gasteiger charge is -2.25. The van der Waals surface area contributed by atoms with E-state index in [-0.39, 0.29) is 18.5 Å². The molecule has 1 aliphatic heterocycles. The van der Waals surface area contributed by atoms with E-state index in [1.165, 1.54) is 0 Å². The molecule has 3 aromatic carbocycles. The number of rotatable bonds is 4. The first kappa shape index (κ1) is 18.4. The second-order valence-corrected chi connectivity index (χ2v) is 6.38. The maximum Gasteiger partial charge on any atom is 0.323 e. The average Bonchev–Trinajstić information content (AvgIpc) is 2.75. The number of carbonyl (C=O) groups excluding carboxylic acids is 2. The summed E-state index contributed by atoms with van der Waals surface area (Å²) in [5.74, 6) is 0.866. The molecule has 7 heteroatoms. The second kappa shape index (κ2) is 8.35. The van der Waals surface area contributed by atoms with E-state index in [1.807, 2.05) is 30.3 Å². The third-order valence-corrected chi connectivity index (χ3v) is 4.24. The first-order valence-electron chi connectivity index (χ1n) is 9.10. The van der Waals surface area contributed by atoms with Crippen LogP contribution in [-0.2, 0) is 4.79 Å². The Kier molecular flexibility index (Phi) is 5.29. The van der Waals surface area contributed by atoms with Crippen molar-refractivity contribution in [3.63, 3.8) is 0 Å². The first-order valence-corrected chi connectivity index (χ1v) is 9.10. The largest absolute Gasteiger partial charge is 0.485 e. The standard InChI is InChI=1S/C22H19N3O4/c26-21(20-14-28-18-8-4-5-9-19(18)29-20)23-16-10-12-17(13-11-16)25-22(27)24-15-6-2-1-3-7-15/h1-13,20H,14H2,(H,23,26)(H2,24,25,27)/t20-/m0/s1. The van der Waals surface area contributed by atoms with Crippen LogP contribution in [0.5, 0.6) is 11.5 Å². The predicted molar refractivity (Wildman–Crippen MR) is 111 cm³/mol. The van der Waals surface area contributed by atoms with Crippen LogP contribution in [0.3, 0.4) is 0 Å². The molecule has 0 unspecified atom stereocenters. The van der Waals surface area contributed by atoms with E-state index in [1.54, 1.807) is 48.5 Å². The Morgan fingerprint density at radius 3 is 1.93 bits per heavy atom. The molecule has 0 saturated carbocycles. The second-order valence-electron chi connectivity index (χ2n) is 6.38. The molecule has 1 aliphatic rings. The van der Waals surface area contributed by atoms with Gasteiger partial charge in [-0.1, -0.05) is 30.3 Å². The summed E-state index contributed by atoms with van der Waals surface area (Å²) in [6.45, 7) is 0.141. The summed E-state index contributed by atoms with van der Waals surface area (Å²) in [5.41, 5.74) is 1.89. The van der Waals surface area contributed by atoms with Crippen molar-refractivity contribution in [1.82, 2.24) is 0 Å². The van der Waals surface area contributed by atoms with Crippen LogP contribution >= 0.6 is 0 Å². The molecule has 0 spiro atoms. The number of benzene rings is 3. The maximum atomic E-state index is 12.4. The van der Waals surface area contributed by atoms with Gasteiger partial charge < -0.3 is 25.4 Å². The highest BCUT2D eigenvalue weighted by molar-refractivity contribution is 6.00. The van der Waals surface area contributed by atoms with Crippen molar-refractivity contribution in [2.75, 3.05) is 22.6 Å². The Morgan fingerprint density at radius 1 is 0.690 bits per heavy atom. The van der Waals surface area contributed by atoms with Crippen molar-refractivity contribution in [3.05, 3.63) is 78.9 Å². The summed E-state index contributed by atoms with van der Waals surface area (Å²) >= 11 is 0. The molecule has 0 aliphatic carbocycles. The zero-order chi connectivity index (χ0) is 20.1. The van der Waals surface area contributed by atoms with Gasteiger partial charge in [0, 0.05) is 17.1 Å². The molecule has 29 heavy (non-hydrogen) atoms. The number of amides is 3. The number of ether oxygens (including phenoxy) is 2. The Bertz CT molecular complexity index is 1010. The zero-order valence-electron chi connectivity index (χ0n) is 15.4. The Hall–Kier alpha value is -4.00. The van der Waals surface area contributed by atoms with Crippen molar-refractivity contribution in [1.29, 1.82) is 0 Å². The van der Waals surface area contributed by atoms with Gasteiger partial charge in [0.2, 0.25) is 6.10 Å². The topological polar surface area (TPSA) is 88.7 Å². The Labute approximate surface area is 167 Å². The molecular formula is C22H19N3O4. The van der Waals surface area contributed by atoms with E-state index in [9.17, 15) is 9.59 Å². The highest BCUT2D eigenvalue weighted by atomic mass is 16.6. The number of carbonyl (C=O) groups is 2. The number of urea groups is 1. The highest BCUT2D eigenvalue weighted by Gasteiger charge is 2.27. The fourth-order valence-corrected chi connectivity index (χ4v) is 2.82. The van der Waals surface area contributed by atoms with E-state index in [0.29, 0.717) is 28.6 Å². The maximum absolute atomic E-state index is 12.4. The van der Waals surface area contributed by atoms with Gasteiger partial charge in [-0.2, -0.15) is 0 Å². The fourth-order valence-electron chi connectivity index (χ4n) is 2.82.